The summed E-state index contributed by atoms with van der Waals surface area (Å²) in [6.45, 7) is 4.19. The molecule has 146 valence electrons. The van der Waals surface area contributed by atoms with E-state index < -0.39 is 11.6 Å². The molecule has 2 aromatic carbocycles. The average Bonchev–Trinajstić information content (AvgIpc) is 2.92. The van der Waals surface area contributed by atoms with Crippen LogP contribution in [0.15, 0.2) is 42.5 Å². The van der Waals surface area contributed by atoms with Gasteiger partial charge >= 0.3 is 6.03 Å². The van der Waals surface area contributed by atoms with Crippen LogP contribution in [0, 0.1) is 0 Å². The van der Waals surface area contributed by atoms with Gasteiger partial charge in [0.05, 0.1) is 0 Å². The molecule has 2 heterocycles. The number of piperidine rings is 1. The van der Waals surface area contributed by atoms with E-state index in [4.69, 9.17) is 0 Å². The number of benzene rings is 2. The minimum Gasteiger partial charge on any atom is -0.338 e. The van der Waals surface area contributed by atoms with Gasteiger partial charge in [0.2, 0.25) is 5.91 Å². The SMILES string of the molecule is CC1CCCCN1C(=O)CN1C(=O)NC(C)(c2ccc3ccccc3c2)C1=O. The molecule has 2 aliphatic heterocycles. The lowest BCUT2D eigenvalue weighted by atomic mass is 9.90. The molecule has 2 aliphatic rings. The van der Waals surface area contributed by atoms with Crippen LogP contribution in [0.4, 0.5) is 4.79 Å². The first-order valence-electron chi connectivity index (χ1n) is 9.83. The maximum absolute atomic E-state index is 13.1. The lowest BCUT2D eigenvalue weighted by Gasteiger charge is -2.34. The Labute approximate surface area is 164 Å². The molecule has 28 heavy (non-hydrogen) atoms. The Morgan fingerprint density at radius 2 is 1.89 bits per heavy atom. The summed E-state index contributed by atoms with van der Waals surface area (Å²) in [6, 6.07) is 13.2. The van der Waals surface area contributed by atoms with Crippen LogP contribution in [0.1, 0.15) is 38.7 Å². The number of amides is 4. The molecule has 0 aliphatic carbocycles. The number of carbonyl (C=O) groups excluding carboxylic acids is 3. The monoisotopic (exact) mass is 379 g/mol. The molecule has 2 atom stereocenters. The Morgan fingerprint density at radius 3 is 2.64 bits per heavy atom. The van der Waals surface area contributed by atoms with E-state index in [2.05, 4.69) is 5.32 Å². The first kappa shape index (κ1) is 18.5. The van der Waals surface area contributed by atoms with Crippen molar-refractivity contribution in [2.45, 2.75) is 44.7 Å². The molecule has 0 aromatic heterocycles. The second-order valence-electron chi connectivity index (χ2n) is 7.94. The predicted molar refractivity (Wildman–Crippen MR) is 107 cm³/mol. The van der Waals surface area contributed by atoms with Gasteiger partial charge in [-0.2, -0.15) is 0 Å². The molecule has 0 spiro atoms. The zero-order valence-electron chi connectivity index (χ0n) is 16.3. The fraction of sp³-hybridized carbons (Fsp3) is 0.409. The maximum atomic E-state index is 13.1. The van der Waals surface area contributed by atoms with Gasteiger partial charge < -0.3 is 10.2 Å². The van der Waals surface area contributed by atoms with Crippen molar-refractivity contribution < 1.29 is 14.4 Å². The second-order valence-corrected chi connectivity index (χ2v) is 7.94. The molecule has 6 heteroatoms. The molecular weight excluding hydrogens is 354 g/mol. The minimum absolute atomic E-state index is 0.147. The van der Waals surface area contributed by atoms with Crippen molar-refractivity contribution in [2.75, 3.05) is 13.1 Å². The van der Waals surface area contributed by atoms with Gasteiger partial charge in [0, 0.05) is 12.6 Å². The van der Waals surface area contributed by atoms with Crippen LogP contribution in [0.3, 0.4) is 0 Å². The molecule has 4 rings (SSSR count). The van der Waals surface area contributed by atoms with E-state index in [0.29, 0.717) is 12.1 Å². The molecule has 0 radical (unpaired) electrons. The van der Waals surface area contributed by atoms with Crippen molar-refractivity contribution in [3.8, 4) is 0 Å². The third-order valence-electron chi connectivity index (χ3n) is 6.02. The first-order valence-corrected chi connectivity index (χ1v) is 9.83. The highest BCUT2D eigenvalue weighted by molar-refractivity contribution is 6.09. The van der Waals surface area contributed by atoms with Crippen molar-refractivity contribution in [1.82, 2.24) is 15.1 Å². The average molecular weight is 379 g/mol. The Balaban J connectivity index is 1.57. The number of imide groups is 1. The van der Waals surface area contributed by atoms with E-state index in [9.17, 15) is 14.4 Å². The highest BCUT2D eigenvalue weighted by Crippen LogP contribution is 2.31. The van der Waals surface area contributed by atoms with Crippen LogP contribution in [0.25, 0.3) is 10.8 Å². The number of urea groups is 1. The Kier molecular flexibility index (Phi) is 4.57. The highest BCUT2D eigenvalue weighted by Gasteiger charge is 2.49. The van der Waals surface area contributed by atoms with Gasteiger partial charge in [0.25, 0.3) is 5.91 Å². The summed E-state index contributed by atoms with van der Waals surface area (Å²) in [7, 11) is 0. The van der Waals surface area contributed by atoms with E-state index in [1.807, 2.05) is 49.4 Å². The van der Waals surface area contributed by atoms with Crippen LogP contribution in [0.2, 0.25) is 0 Å². The normalized spacial score (nSPS) is 25.3. The number of hydrogen-bond acceptors (Lipinski definition) is 3. The zero-order chi connectivity index (χ0) is 19.9. The molecule has 4 amide bonds. The molecule has 0 saturated carbocycles. The molecule has 2 aromatic rings. The van der Waals surface area contributed by atoms with Gasteiger partial charge in [-0.15, -0.1) is 0 Å². The summed E-state index contributed by atoms with van der Waals surface area (Å²) in [4.78, 5) is 41.3. The lowest BCUT2D eigenvalue weighted by Crippen LogP contribution is -2.48. The van der Waals surface area contributed by atoms with Crippen LogP contribution in [-0.2, 0) is 15.1 Å². The van der Waals surface area contributed by atoms with Crippen molar-refractivity contribution in [3.63, 3.8) is 0 Å². The maximum Gasteiger partial charge on any atom is 0.325 e. The van der Waals surface area contributed by atoms with Gasteiger partial charge in [-0.3, -0.25) is 14.5 Å². The van der Waals surface area contributed by atoms with Crippen molar-refractivity contribution in [2.24, 2.45) is 0 Å². The second kappa shape index (κ2) is 6.93. The fourth-order valence-corrected chi connectivity index (χ4v) is 4.23. The number of carbonyl (C=O) groups is 3. The summed E-state index contributed by atoms with van der Waals surface area (Å²) in [5.74, 6) is -0.552. The summed E-state index contributed by atoms with van der Waals surface area (Å²) < 4.78 is 0. The molecule has 6 nitrogen and oxygen atoms in total. The number of rotatable bonds is 3. The quantitative estimate of drug-likeness (QED) is 0.834. The third kappa shape index (κ3) is 3.03. The largest absolute Gasteiger partial charge is 0.338 e. The van der Waals surface area contributed by atoms with Crippen LogP contribution >= 0.6 is 0 Å². The van der Waals surface area contributed by atoms with Gasteiger partial charge in [-0.05, 0) is 55.5 Å². The highest BCUT2D eigenvalue weighted by atomic mass is 16.2. The van der Waals surface area contributed by atoms with E-state index in [1.54, 1.807) is 11.8 Å². The van der Waals surface area contributed by atoms with Gasteiger partial charge in [-0.1, -0.05) is 36.4 Å². The zero-order valence-corrected chi connectivity index (χ0v) is 16.3. The Hall–Kier alpha value is -2.89. The summed E-state index contributed by atoms with van der Waals surface area (Å²) in [6.07, 6.45) is 3.03. The summed E-state index contributed by atoms with van der Waals surface area (Å²) >= 11 is 0. The van der Waals surface area contributed by atoms with Crippen molar-refractivity contribution >= 4 is 28.6 Å². The Bertz CT molecular complexity index is 957. The van der Waals surface area contributed by atoms with Gasteiger partial charge in [0.1, 0.15) is 12.1 Å². The smallest absolute Gasteiger partial charge is 0.325 e. The van der Waals surface area contributed by atoms with Gasteiger partial charge in [-0.25, -0.2) is 4.79 Å². The number of fused-ring (bicyclic) bond motifs is 1. The third-order valence-corrected chi connectivity index (χ3v) is 6.02. The molecular formula is C22H25N3O3. The predicted octanol–water partition coefficient (Wildman–Crippen LogP) is 3.01. The first-order chi connectivity index (χ1) is 13.4. The van der Waals surface area contributed by atoms with E-state index in [1.165, 1.54) is 0 Å². The van der Waals surface area contributed by atoms with E-state index >= 15 is 0 Å². The number of nitrogens with one attached hydrogen (secondary N) is 1. The van der Waals surface area contributed by atoms with Crippen LogP contribution in [-0.4, -0.2) is 46.8 Å². The number of nitrogens with zero attached hydrogens (tertiary/aromatic N) is 2. The topological polar surface area (TPSA) is 69.7 Å². The van der Waals surface area contributed by atoms with E-state index in [-0.39, 0.29) is 24.4 Å². The summed E-state index contributed by atoms with van der Waals surface area (Å²) in [5.41, 5.74) is -0.458. The minimum atomic E-state index is -1.17. The van der Waals surface area contributed by atoms with Crippen molar-refractivity contribution in [3.05, 3.63) is 48.0 Å². The standard InChI is InChI=1S/C22H25N3O3/c1-15-7-5-6-12-24(15)19(26)14-25-20(27)22(2,23-21(25)28)18-11-10-16-8-3-4-9-17(16)13-18/h3-4,8-11,13,15H,5-7,12,14H2,1-2H3,(H,23,28). The number of hydrogen-bond donors (Lipinski definition) is 1. The molecule has 2 fully saturated rings. The fourth-order valence-electron chi connectivity index (χ4n) is 4.23. The van der Waals surface area contributed by atoms with Crippen molar-refractivity contribution in [1.29, 1.82) is 0 Å². The van der Waals surface area contributed by atoms with E-state index in [0.717, 1.165) is 34.9 Å². The lowest BCUT2D eigenvalue weighted by molar-refractivity contribution is -0.140. The Morgan fingerprint density at radius 1 is 1.14 bits per heavy atom. The molecule has 0 bridgehead atoms. The van der Waals surface area contributed by atoms with Gasteiger partial charge in [0.15, 0.2) is 0 Å². The van der Waals surface area contributed by atoms with Crippen LogP contribution < -0.4 is 5.32 Å². The molecule has 1 N–H and O–H groups in total. The van der Waals surface area contributed by atoms with Crippen LogP contribution in [0.5, 0.6) is 0 Å². The molecule has 2 saturated heterocycles. The number of likely N-dealkylation sites (tertiary alicyclic amines) is 1. The summed E-state index contributed by atoms with van der Waals surface area (Å²) in [5, 5.41) is 4.86. The molecule has 2 unspecified atom stereocenters.